The molecule has 0 spiro atoms. The molecule has 0 amide bonds. The molecule has 2 rings (SSSR count). The predicted molar refractivity (Wildman–Crippen MR) is 85.7 cm³/mol. The SMILES string of the molecule is CCN1CCC(N(C)CC(O)c2ccc(OC)cc2)CC1. The van der Waals surface area contributed by atoms with Crippen LogP contribution in [0.25, 0.3) is 0 Å². The average molecular weight is 292 g/mol. The number of benzene rings is 1. The van der Waals surface area contributed by atoms with Crippen LogP contribution in [0, 0.1) is 0 Å². The Bertz CT molecular complexity index is 413. The van der Waals surface area contributed by atoms with Crippen molar-refractivity contribution in [1.82, 2.24) is 9.80 Å². The lowest BCUT2D eigenvalue weighted by atomic mass is 10.0. The molecule has 1 atom stereocenters. The lowest BCUT2D eigenvalue weighted by Gasteiger charge is -2.37. The monoisotopic (exact) mass is 292 g/mol. The Kier molecular flexibility index (Phi) is 6.03. The Hall–Kier alpha value is -1.10. The van der Waals surface area contributed by atoms with Gasteiger partial charge in [0.2, 0.25) is 0 Å². The largest absolute Gasteiger partial charge is 0.497 e. The maximum atomic E-state index is 10.4. The topological polar surface area (TPSA) is 35.9 Å². The van der Waals surface area contributed by atoms with E-state index in [-0.39, 0.29) is 0 Å². The number of aliphatic hydroxyl groups is 1. The van der Waals surface area contributed by atoms with Gasteiger partial charge < -0.3 is 19.6 Å². The second-order valence-corrected chi connectivity index (χ2v) is 5.89. The zero-order valence-corrected chi connectivity index (χ0v) is 13.5. The lowest BCUT2D eigenvalue weighted by Crippen LogP contribution is -2.44. The van der Waals surface area contributed by atoms with Crippen molar-refractivity contribution in [3.05, 3.63) is 29.8 Å². The van der Waals surface area contributed by atoms with E-state index in [1.54, 1.807) is 7.11 Å². The third-order valence-corrected chi connectivity index (χ3v) is 4.59. The van der Waals surface area contributed by atoms with E-state index in [9.17, 15) is 5.11 Å². The van der Waals surface area contributed by atoms with Crippen molar-refractivity contribution >= 4 is 0 Å². The molecule has 1 heterocycles. The summed E-state index contributed by atoms with van der Waals surface area (Å²) in [7, 11) is 3.78. The second-order valence-electron chi connectivity index (χ2n) is 5.89. The third kappa shape index (κ3) is 4.43. The first kappa shape index (κ1) is 16.3. The molecule has 0 saturated carbocycles. The van der Waals surface area contributed by atoms with Gasteiger partial charge in [0.25, 0.3) is 0 Å². The smallest absolute Gasteiger partial charge is 0.118 e. The highest BCUT2D eigenvalue weighted by molar-refractivity contribution is 5.28. The molecule has 21 heavy (non-hydrogen) atoms. The fourth-order valence-electron chi connectivity index (χ4n) is 3.03. The molecular weight excluding hydrogens is 264 g/mol. The molecular formula is C17H28N2O2. The lowest BCUT2D eigenvalue weighted by molar-refractivity contribution is 0.0748. The fourth-order valence-corrected chi connectivity index (χ4v) is 3.03. The molecule has 4 nitrogen and oxygen atoms in total. The van der Waals surface area contributed by atoms with Gasteiger partial charge in [-0.25, -0.2) is 0 Å². The fraction of sp³-hybridized carbons (Fsp3) is 0.647. The van der Waals surface area contributed by atoms with Crippen molar-refractivity contribution in [1.29, 1.82) is 0 Å². The number of nitrogens with zero attached hydrogens (tertiary/aromatic N) is 2. The van der Waals surface area contributed by atoms with Crippen molar-refractivity contribution in [3.63, 3.8) is 0 Å². The van der Waals surface area contributed by atoms with Crippen molar-refractivity contribution in [2.75, 3.05) is 40.3 Å². The summed E-state index contributed by atoms with van der Waals surface area (Å²) in [5, 5.41) is 10.4. The molecule has 0 radical (unpaired) electrons. The predicted octanol–water partition coefficient (Wildman–Crippen LogP) is 2.14. The Morgan fingerprint density at radius 2 is 1.90 bits per heavy atom. The molecule has 1 aliphatic rings. The first-order valence-electron chi connectivity index (χ1n) is 7.88. The van der Waals surface area contributed by atoms with E-state index in [2.05, 4.69) is 23.8 Å². The number of hydrogen-bond donors (Lipinski definition) is 1. The minimum absolute atomic E-state index is 0.440. The van der Waals surface area contributed by atoms with E-state index >= 15 is 0 Å². The number of piperidine rings is 1. The summed E-state index contributed by atoms with van der Waals surface area (Å²) in [6.45, 7) is 6.39. The molecule has 1 unspecified atom stereocenters. The number of methoxy groups -OCH3 is 1. The second kappa shape index (κ2) is 7.78. The van der Waals surface area contributed by atoms with Crippen LogP contribution in [0.2, 0.25) is 0 Å². The van der Waals surface area contributed by atoms with E-state index in [4.69, 9.17) is 4.74 Å². The number of likely N-dealkylation sites (tertiary alicyclic amines) is 1. The molecule has 118 valence electrons. The molecule has 1 saturated heterocycles. The summed E-state index contributed by atoms with van der Waals surface area (Å²) < 4.78 is 5.15. The van der Waals surface area contributed by atoms with Crippen LogP contribution in [-0.2, 0) is 0 Å². The molecule has 1 N–H and O–H groups in total. The molecule has 1 aromatic carbocycles. The Morgan fingerprint density at radius 1 is 1.29 bits per heavy atom. The standard InChI is InChI=1S/C17H28N2O2/c1-4-19-11-9-15(10-12-19)18(2)13-17(20)14-5-7-16(21-3)8-6-14/h5-8,15,17,20H,4,9-13H2,1-3H3. The zero-order valence-electron chi connectivity index (χ0n) is 13.5. The number of aliphatic hydroxyl groups excluding tert-OH is 1. The average Bonchev–Trinajstić information content (AvgIpc) is 2.55. The number of rotatable bonds is 6. The quantitative estimate of drug-likeness (QED) is 0.871. The van der Waals surface area contributed by atoms with E-state index < -0.39 is 6.10 Å². The normalized spacial score (nSPS) is 18.9. The van der Waals surface area contributed by atoms with Crippen LogP contribution < -0.4 is 4.74 Å². The van der Waals surface area contributed by atoms with Crippen LogP contribution in [-0.4, -0.2) is 61.3 Å². The van der Waals surface area contributed by atoms with Crippen LogP contribution in [0.1, 0.15) is 31.4 Å². The van der Waals surface area contributed by atoms with Crippen LogP contribution in [0.4, 0.5) is 0 Å². The highest BCUT2D eigenvalue weighted by Gasteiger charge is 2.23. The maximum absolute atomic E-state index is 10.4. The van der Waals surface area contributed by atoms with Gasteiger partial charge >= 0.3 is 0 Å². The molecule has 1 fully saturated rings. The van der Waals surface area contributed by atoms with E-state index in [0.717, 1.165) is 17.9 Å². The van der Waals surface area contributed by atoms with E-state index in [0.29, 0.717) is 12.6 Å². The minimum Gasteiger partial charge on any atom is -0.497 e. The minimum atomic E-state index is -0.440. The van der Waals surface area contributed by atoms with Gasteiger partial charge in [0.15, 0.2) is 0 Å². The molecule has 0 bridgehead atoms. The highest BCUT2D eigenvalue weighted by atomic mass is 16.5. The van der Waals surface area contributed by atoms with Gasteiger partial charge in [-0.15, -0.1) is 0 Å². The summed E-state index contributed by atoms with van der Waals surface area (Å²) in [4.78, 5) is 4.80. The van der Waals surface area contributed by atoms with E-state index in [1.807, 2.05) is 24.3 Å². The summed E-state index contributed by atoms with van der Waals surface area (Å²) >= 11 is 0. The van der Waals surface area contributed by atoms with Crippen LogP contribution in [0.5, 0.6) is 5.75 Å². The van der Waals surface area contributed by atoms with Crippen LogP contribution >= 0.6 is 0 Å². The van der Waals surface area contributed by atoms with Gasteiger partial charge in [-0.3, -0.25) is 0 Å². The van der Waals surface area contributed by atoms with Crippen molar-refractivity contribution < 1.29 is 9.84 Å². The van der Waals surface area contributed by atoms with E-state index in [1.165, 1.54) is 25.9 Å². The summed E-state index contributed by atoms with van der Waals surface area (Å²) in [5.41, 5.74) is 0.952. The van der Waals surface area contributed by atoms with Crippen molar-refractivity contribution in [3.8, 4) is 5.75 Å². The van der Waals surface area contributed by atoms with Crippen molar-refractivity contribution in [2.24, 2.45) is 0 Å². The summed E-state index contributed by atoms with van der Waals surface area (Å²) in [5.74, 6) is 0.825. The van der Waals surface area contributed by atoms with Crippen LogP contribution in [0.3, 0.4) is 0 Å². The third-order valence-electron chi connectivity index (χ3n) is 4.59. The van der Waals surface area contributed by atoms with Gasteiger partial charge in [-0.05, 0) is 57.2 Å². The van der Waals surface area contributed by atoms with Gasteiger partial charge in [-0.2, -0.15) is 0 Å². The van der Waals surface area contributed by atoms with Gasteiger partial charge in [0.1, 0.15) is 5.75 Å². The Balaban J connectivity index is 1.85. The number of ether oxygens (including phenoxy) is 1. The van der Waals surface area contributed by atoms with Crippen LogP contribution in [0.15, 0.2) is 24.3 Å². The first-order valence-corrected chi connectivity index (χ1v) is 7.88. The highest BCUT2D eigenvalue weighted by Crippen LogP contribution is 2.21. The van der Waals surface area contributed by atoms with Crippen molar-refractivity contribution in [2.45, 2.75) is 31.9 Å². The van der Waals surface area contributed by atoms with Gasteiger partial charge in [-0.1, -0.05) is 19.1 Å². The molecule has 1 aliphatic heterocycles. The first-order chi connectivity index (χ1) is 10.1. The number of hydrogen-bond acceptors (Lipinski definition) is 4. The van der Waals surface area contributed by atoms with Gasteiger partial charge in [0.05, 0.1) is 13.2 Å². The van der Waals surface area contributed by atoms with Gasteiger partial charge in [0, 0.05) is 12.6 Å². The number of likely N-dealkylation sites (N-methyl/N-ethyl adjacent to an activating group) is 1. The maximum Gasteiger partial charge on any atom is 0.118 e. The molecule has 0 aliphatic carbocycles. The molecule has 1 aromatic rings. The molecule has 0 aromatic heterocycles. The summed E-state index contributed by atoms with van der Waals surface area (Å²) in [6, 6.07) is 8.27. The Labute approximate surface area is 128 Å². The Morgan fingerprint density at radius 3 is 2.43 bits per heavy atom. The summed E-state index contributed by atoms with van der Waals surface area (Å²) in [6.07, 6.45) is 1.95. The zero-order chi connectivity index (χ0) is 15.2. The molecule has 4 heteroatoms.